The first kappa shape index (κ1) is 23.9. The number of anilines is 1. The summed E-state index contributed by atoms with van der Waals surface area (Å²) in [4.78, 5) is 23.4. The zero-order valence-corrected chi connectivity index (χ0v) is 18.7. The molecule has 0 aliphatic heterocycles. The standard InChI is InChI=1S/C21H18FN3O6S2/c1-13-4-6-17(25-33(29,30)20-3-2-8-32-20)16(9-13)21(28)24-23-11-14-10-15(22)5-7-18(14)31-12-19(26)27/h2-11,25H,12H2,1H3,(H,24,28)(H,26,27). The fraction of sp³-hybridized carbons (Fsp3) is 0.0952. The lowest BCUT2D eigenvalue weighted by Gasteiger charge is -2.12. The number of carboxylic acid groups (broad SMARTS) is 1. The number of aryl methyl sites for hydroxylation is 1. The van der Waals surface area contributed by atoms with Crippen molar-refractivity contribution in [2.75, 3.05) is 11.3 Å². The number of halogens is 1. The number of hydrazone groups is 1. The molecule has 0 atom stereocenters. The average molecular weight is 492 g/mol. The Morgan fingerprint density at radius 2 is 2.00 bits per heavy atom. The van der Waals surface area contributed by atoms with Crippen molar-refractivity contribution in [2.45, 2.75) is 11.1 Å². The van der Waals surface area contributed by atoms with Crippen LogP contribution in [0, 0.1) is 12.7 Å². The summed E-state index contributed by atoms with van der Waals surface area (Å²) in [6.45, 7) is 1.09. The number of carboxylic acids is 1. The summed E-state index contributed by atoms with van der Waals surface area (Å²) < 4.78 is 46.2. The van der Waals surface area contributed by atoms with Crippen molar-refractivity contribution < 1.29 is 32.2 Å². The molecule has 3 N–H and O–H groups in total. The van der Waals surface area contributed by atoms with Gasteiger partial charge in [-0.3, -0.25) is 9.52 Å². The van der Waals surface area contributed by atoms with Crippen LogP contribution in [0.5, 0.6) is 5.75 Å². The van der Waals surface area contributed by atoms with Crippen molar-refractivity contribution in [1.82, 2.24) is 5.43 Å². The normalized spacial score (nSPS) is 11.3. The number of amides is 1. The number of nitrogens with zero attached hydrogens (tertiary/aromatic N) is 1. The van der Waals surface area contributed by atoms with Gasteiger partial charge >= 0.3 is 5.97 Å². The van der Waals surface area contributed by atoms with Crippen molar-refractivity contribution in [3.8, 4) is 5.75 Å². The average Bonchev–Trinajstić information content (AvgIpc) is 3.30. The maximum Gasteiger partial charge on any atom is 0.341 e. The highest BCUT2D eigenvalue weighted by Gasteiger charge is 2.19. The van der Waals surface area contributed by atoms with Gasteiger partial charge in [0.05, 0.1) is 17.5 Å². The fourth-order valence-corrected chi connectivity index (χ4v) is 4.73. The van der Waals surface area contributed by atoms with Gasteiger partial charge in [0.2, 0.25) is 0 Å². The van der Waals surface area contributed by atoms with Crippen molar-refractivity contribution in [3.63, 3.8) is 0 Å². The van der Waals surface area contributed by atoms with Gasteiger partial charge in [-0.2, -0.15) is 5.10 Å². The van der Waals surface area contributed by atoms with E-state index in [0.29, 0.717) is 5.56 Å². The van der Waals surface area contributed by atoms with E-state index in [-0.39, 0.29) is 26.8 Å². The summed E-state index contributed by atoms with van der Waals surface area (Å²) in [5.41, 5.74) is 3.13. The molecule has 33 heavy (non-hydrogen) atoms. The Kier molecular flexibility index (Phi) is 7.41. The third kappa shape index (κ3) is 6.37. The largest absolute Gasteiger partial charge is 0.481 e. The van der Waals surface area contributed by atoms with Crippen LogP contribution in [-0.4, -0.2) is 38.2 Å². The Balaban J connectivity index is 1.80. The number of carbonyl (C=O) groups excluding carboxylic acids is 1. The van der Waals surface area contributed by atoms with Gasteiger partial charge in [-0.05, 0) is 48.7 Å². The van der Waals surface area contributed by atoms with Crippen LogP contribution < -0.4 is 14.9 Å². The molecule has 0 saturated carbocycles. The highest BCUT2D eigenvalue weighted by molar-refractivity contribution is 7.94. The van der Waals surface area contributed by atoms with E-state index in [2.05, 4.69) is 15.2 Å². The van der Waals surface area contributed by atoms with E-state index >= 15 is 0 Å². The van der Waals surface area contributed by atoms with Crippen molar-refractivity contribution in [2.24, 2.45) is 5.10 Å². The Hall–Kier alpha value is -3.77. The van der Waals surface area contributed by atoms with E-state index in [1.54, 1.807) is 24.4 Å². The Labute approximate surface area is 192 Å². The van der Waals surface area contributed by atoms with Crippen LogP contribution in [0.1, 0.15) is 21.5 Å². The highest BCUT2D eigenvalue weighted by atomic mass is 32.2. The van der Waals surface area contributed by atoms with E-state index in [4.69, 9.17) is 9.84 Å². The van der Waals surface area contributed by atoms with E-state index in [1.807, 2.05) is 0 Å². The van der Waals surface area contributed by atoms with Gasteiger partial charge in [0, 0.05) is 5.56 Å². The van der Waals surface area contributed by atoms with Crippen LogP contribution >= 0.6 is 11.3 Å². The molecule has 1 aromatic heterocycles. The zero-order chi connectivity index (χ0) is 24.0. The monoisotopic (exact) mass is 491 g/mol. The molecule has 1 heterocycles. The smallest absolute Gasteiger partial charge is 0.341 e. The summed E-state index contributed by atoms with van der Waals surface area (Å²) in [6.07, 6.45) is 1.09. The second-order valence-electron chi connectivity index (χ2n) is 6.65. The first-order valence-corrected chi connectivity index (χ1v) is 11.7. The lowest BCUT2D eigenvalue weighted by molar-refractivity contribution is -0.139. The van der Waals surface area contributed by atoms with Gasteiger partial charge in [-0.1, -0.05) is 17.7 Å². The van der Waals surface area contributed by atoms with Gasteiger partial charge in [0.25, 0.3) is 15.9 Å². The van der Waals surface area contributed by atoms with Crippen LogP contribution in [0.3, 0.4) is 0 Å². The molecule has 2 aromatic carbocycles. The highest BCUT2D eigenvalue weighted by Crippen LogP contribution is 2.24. The molecule has 0 aliphatic carbocycles. The van der Waals surface area contributed by atoms with Crippen molar-refractivity contribution in [1.29, 1.82) is 0 Å². The first-order valence-electron chi connectivity index (χ1n) is 9.30. The molecule has 0 bridgehead atoms. The number of benzene rings is 2. The van der Waals surface area contributed by atoms with Crippen LogP contribution in [-0.2, 0) is 14.8 Å². The van der Waals surface area contributed by atoms with Gasteiger partial charge < -0.3 is 9.84 Å². The number of rotatable bonds is 9. The summed E-state index contributed by atoms with van der Waals surface area (Å²) in [7, 11) is -3.88. The molecule has 172 valence electrons. The first-order chi connectivity index (χ1) is 15.7. The number of hydrogen-bond donors (Lipinski definition) is 3. The molecule has 0 spiro atoms. The minimum Gasteiger partial charge on any atom is -0.481 e. The Morgan fingerprint density at radius 3 is 2.70 bits per heavy atom. The summed E-state index contributed by atoms with van der Waals surface area (Å²) in [5, 5.41) is 14.1. The van der Waals surface area contributed by atoms with Gasteiger partial charge in [0.1, 0.15) is 15.8 Å². The second kappa shape index (κ2) is 10.2. The molecule has 1 amide bonds. The molecular formula is C21H18FN3O6S2. The topological polar surface area (TPSA) is 134 Å². The number of thiophene rings is 1. The predicted molar refractivity (Wildman–Crippen MR) is 121 cm³/mol. The lowest BCUT2D eigenvalue weighted by atomic mass is 10.1. The maximum absolute atomic E-state index is 13.6. The molecule has 0 aliphatic rings. The Morgan fingerprint density at radius 1 is 1.21 bits per heavy atom. The quantitative estimate of drug-likeness (QED) is 0.311. The zero-order valence-electron chi connectivity index (χ0n) is 17.1. The number of ether oxygens (including phenoxy) is 1. The predicted octanol–water partition coefficient (Wildman–Crippen LogP) is 3.22. The molecule has 3 aromatic rings. The summed E-state index contributed by atoms with van der Waals surface area (Å²) >= 11 is 1.03. The van der Waals surface area contributed by atoms with Gasteiger partial charge in [-0.15, -0.1) is 11.3 Å². The maximum atomic E-state index is 13.6. The molecule has 9 nitrogen and oxygen atoms in total. The number of hydrogen-bond acceptors (Lipinski definition) is 7. The molecule has 0 radical (unpaired) electrons. The van der Waals surface area contributed by atoms with Crippen molar-refractivity contribution in [3.05, 3.63) is 76.4 Å². The molecular weight excluding hydrogens is 473 g/mol. The molecule has 12 heteroatoms. The molecule has 0 unspecified atom stereocenters. The molecule has 0 saturated heterocycles. The molecule has 3 rings (SSSR count). The lowest BCUT2D eigenvalue weighted by Crippen LogP contribution is -2.21. The van der Waals surface area contributed by atoms with E-state index in [9.17, 15) is 22.4 Å². The SMILES string of the molecule is Cc1ccc(NS(=O)(=O)c2cccs2)c(C(=O)NN=Cc2cc(F)ccc2OCC(=O)O)c1. The third-order valence-electron chi connectivity index (χ3n) is 4.12. The Bertz CT molecular complexity index is 1310. The second-order valence-corrected chi connectivity index (χ2v) is 9.51. The van der Waals surface area contributed by atoms with Crippen LogP contribution in [0.15, 0.2) is 63.2 Å². The van der Waals surface area contributed by atoms with Gasteiger partial charge in [0.15, 0.2) is 6.61 Å². The number of carbonyl (C=O) groups is 2. The third-order valence-corrected chi connectivity index (χ3v) is 6.88. The fourth-order valence-electron chi connectivity index (χ4n) is 2.66. The number of nitrogens with one attached hydrogen (secondary N) is 2. The minimum absolute atomic E-state index is 0.0221. The van der Waals surface area contributed by atoms with Crippen LogP contribution in [0.4, 0.5) is 10.1 Å². The summed E-state index contributed by atoms with van der Waals surface area (Å²) in [5.74, 6) is -2.50. The van der Waals surface area contributed by atoms with Gasteiger partial charge in [-0.25, -0.2) is 23.0 Å². The summed E-state index contributed by atoms with van der Waals surface area (Å²) in [6, 6.07) is 11.0. The van der Waals surface area contributed by atoms with E-state index < -0.39 is 34.3 Å². The van der Waals surface area contributed by atoms with E-state index in [0.717, 1.165) is 29.7 Å². The minimum atomic E-state index is -3.88. The van der Waals surface area contributed by atoms with Crippen LogP contribution in [0.25, 0.3) is 0 Å². The van der Waals surface area contributed by atoms with Crippen LogP contribution in [0.2, 0.25) is 0 Å². The number of aliphatic carboxylic acids is 1. The van der Waals surface area contributed by atoms with E-state index in [1.165, 1.54) is 24.3 Å². The number of sulfonamides is 1. The van der Waals surface area contributed by atoms with Crippen molar-refractivity contribution >= 4 is 45.1 Å². The molecule has 0 fully saturated rings.